The molecule has 0 saturated carbocycles. The molecule has 128 valence electrons. The maximum Gasteiger partial charge on any atom is 0.341 e. The molecule has 1 fully saturated rings. The van der Waals surface area contributed by atoms with Crippen molar-refractivity contribution in [2.45, 2.75) is 19.8 Å². The highest BCUT2D eigenvalue weighted by atomic mass is 32.2. The number of ether oxygens (including phenoxy) is 1. The van der Waals surface area contributed by atoms with Crippen LogP contribution in [0.3, 0.4) is 0 Å². The Morgan fingerprint density at radius 3 is 2.83 bits per heavy atom. The van der Waals surface area contributed by atoms with Crippen molar-refractivity contribution in [1.82, 2.24) is 4.90 Å². The van der Waals surface area contributed by atoms with Gasteiger partial charge in [-0.1, -0.05) is 24.0 Å². The summed E-state index contributed by atoms with van der Waals surface area (Å²) in [5, 5.41) is 8.66. The second-order valence-corrected chi connectivity index (χ2v) is 6.62. The third-order valence-corrected chi connectivity index (χ3v) is 4.64. The van der Waals surface area contributed by atoms with E-state index in [1.54, 1.807) is 6.92 Å². The molecule has 0 unspecified atom stereocenters. The third kappa shape index (κ3) is 4.04. The second kappa shape index (κ2) is 7.63. The van der Waals surface area contributed by atoms with Crippen molar-refractivity contribution in [3.05, 3.63) is 28.1 Å². The predicted molar refractivity (Wildman–Crippen MR) is 91.5 cm³/mol. The number of carboxylic acids is 1. The first-order chi connectivity index (χ1) is 11.3. The van der Waals surface area contributed by atoms with Crippen molar-refractivity contribution in [3.8, 4) is 0 Å². The molecule has 0 atom stereocenters. The molecule has 9 heteroatoms. The lowest BCUT2D eigenvalue weighted by Gasteiger charge is -2.13. The molecule has 1 aliphatic heterocycles. The number of nitrogens with zero attached hydrogens (tertiary/aromatic N) is 1. The Bertz CT molecular complexity index is 736. The molecule has 2 rings (SSSR count). The summed E-state index contributed by atoms with van der Waals surface area (Å²) in [6.07, 6.45) is 1.80. The number of rotatable bonds is 6. The van der Waals surface area contributed by atoms with Crippen molar-refractivity contribution in [3.63, 3.8) is 0 Å². The predicted octanol–water partition coefficient (Wildman–Crippen LogP) is 2.44. The van der Waals surface area contributed by atoms with Gasteiger partial charge in [0.1, 0.15) is 21.4 Å². The van der Waals surface area contributed by atoms with E-state index in [9.17, 15) is 14.4 Å². The van der Waals surface area contributed by atoms with E-state index in [2.05, 4.69) is 4.74 Å². The number of furan rings is 1. The standard InChI is InChI=1S/C15H15NO6S2/c1-8-10(14(20)21-2)6-9(22-8)7-11-13(19)16(15(23)24-11)5-3-4-12(17)18/h6-7H,3-5H2,1-2H3,(H,17,18)/b11-7-. The van der Waals surface area contributed by atoms with E-state index >= 15 is 0 Å². The number of hydrogen-bond acceptors (Lipinski definition) is 7. The van der Waals surface area contributed by atoms with Crippen LogP contribution in [-0.2, 0) is 14.3 Å². The van der Waals surface area contributed by atoms with Gasteiger partial charge in [-0.25, -0.2) is 4.79 Å². The molecular formula is C15H15NO6S2. The van der Waals surface area contributed by atoms with E-state index in [4.69, 9.17) is 21.7 Å². The minimum atomic E-state index is -0.919. The normalized spacial score (nSPS) is 16.1. The molecule has 1 aromatic heterocycles. The molecule has 0 radical (unpaired) electrons. The molecule has 1 aromatic rings. The Morgan fingerprint density at radius 1 is 1.50 bits per heavy atom. The maximum absolute atomic E-state index is 12.3. The smallest absolute Gasteiger partial charge is 0.341 e. The average molecular weight is 369 g/mol. The van der Waals surface area contributed by atoms with Gasteiger partial charge in [0.25, 0.3) is 5.91 Å². The van der Waals surface area contributed by atoms with Gasteiger partial charge in [-0.3, -0.25) is 14.5 Å². The minimum Gasteiger partial charge on any atom is -0.481 e. The summed E-state index contributed by atoms with van der Waals surface area (Å²) in [5.74, 6) is -0.998. The number of carbonyl (C=O) groups is 3. The Morgan fingerprint density at radius 2 is 2.21 bits per heavy atom. The number of hydrogen-bond donors (Lipinski definition) is 1. The van der Waals surface area contributed by atoms with E-state index < -0.39 is 11.9 Å². The first kappa shape index (κ1) is 18.2. The highest BCUT2D eigenvalue weighted by molar-refractivity contribution is 8.26. The molecule has 1 amide bonds. The number of methoxy groups -OCH3 is 1. The van der Waals surface area contributed by atoms with Gasteiger partial charge < -0.3 is 14.3 Å². The summed E-state index contributed by atoms with van der Waals surface area (Å²) >= 11 is 6.27. The summed E-state index contributed by atoms with van der Waals surface area (Å²) < 4.78 is 10.5. The number of carbonyl (C=O) groups excluding carboxylic acids is 2. The molecule has 24 heavy (non-hydrogen) atoms. The van der Waals surface area contributed by atoms with Crippen LogP contribution in [0.2, 0.25) is 0 Å². The monoisotopic (exact) mass is 369 g/mol. The van der Waals surface area contributed by atoms with Gasteiger partial charge in [0.2, 0.25) is 0 Å². The summed E-state index contributed by atoms with van der Waals surface area (Å²) in [4.78, 5) is 36.2. The van der Waals surface area contributed by atoms with Gasteiger partial charge in [0, 0.05) is 19.0 Å². The molecule has 2 heterocycles. The molecule has 1 aliphatic rings. The largest absolute Gasteiger partial charge is 0.481 e. The van der Waals surface area contributed by atoms with E-state index in [0.29, 0.717) is 32.7 Å². The molecular weight excluding hydrogens is 354 g/mol. The average Bonchev–Trinajstić information content (AvgIpc) is 3.01. The molecule has 0 bridgehead atoms. The number of aryl methyl sites for hydroxylation is 1. The molecule has 0 aromatic carbocycles. The van der Waals surface area contributed by atoms with Crippen LogP contribution in [0.5, 0.6) is 0 Å². The first-order valence-corrected chi connectivity index (χ1v) is 8.22. The Labute approximate surface area is 147 Å². The Balaban J connectivity index is 2.14. The molecule has 7 nitrogen and oxygen atoms in total. The summed E-state index contributed by atoms with van der Waals surface area (Å²) in [6.45, 7) is 1.87. The van der Waals surface area contributed by atoms with Crippen LogP contribution in [0.4, 0.5) is 0 Å². The van der Waals surface area contributed by atoms with Crippen LogP contribution in [-0.4, -0.2) is 45.8 Å². The summed E-state index contributed by atoms with van der Waals surface area (Å²) in [6, 6.07) is 1.50. The van der Waals surface area contributed by atoms with Gasteiger partial charge >= 0.3 is 11.9 Å². The van der Waals surface area contributed by atoms with Crippen molar-refractivity contribution in [2.75, 3.05) is 13.7 Å². The van der Waals surface area contributed by atoms with Crippen LogP contribution in [0.15, 0.2) is 15.4 Å². The third-order valence-electron chi connectivity index (χ3n) is 3.26. The zero-order valence-corrected chi connectivity index (χ0v) is 14.7. The van der Waals surface area contributed by atoms with Crippen LogP contribution in [0.25, 0.3) is 6.08 Å². The number of esters is 1. The lowest BCUT2D eigenvalue weighted by Crippen LogP contribution is -2.29. The quantitative estimate of drug-likeness (QED) is 0.464. The van der Waals surface area contributed by atoms with Gasteiger partial charge in [-0.2, -0.15) is 0 Å². The molecule has 0 spiro atoms. The van der Waals surface area contributed by atoms with Crippen molar-refractivity contribution in [1.29, 1.82) is 0 Å². The molecule has 1 saturated heterocycles. The van der Waals surface area contributed by atoms with E-state index in [1.807, 2.05) is 0 Å². The van der Waals surface area contributed by atoms with Crippen LogP contribution < -0.4 is 0 Å². The van der Waals surface area contributed by atoms with Gasteiger partial charge in [-0.15, -0.1) is 0 Å². The lowest BCUT2D eigenvalue weighted by molar-refractivity contribution is -0.137. The number of thiocarbonyl (C=S) groups is 1. The first-order valence-electron chi connectivity index (χ1n) is 6.99. The number of carboxylic acid groups (broad SMARTS) is 1. The van der Waals surface area contributed by atoms with Crippen molar-refractivity contribution < 1.29 is 28.6 Å². The number of amides is 1. The highest BCUT2D eigenvalue weighted by Gasteiger charge is 2.32. The fourth-order valence-corrected chi connectivity index (χ4v) is 3.39. The van der Waals surface area contributed by atoms with E-state index in [-0.39, 0.29) is 18.9 Å². The maximum atomic E-state index is 12.3. The summed E-state index contributed by atoms with van der Waals surface area (Å²) in [5.41, 5.74) is 0.292. The Kier molecular flexibility index (Phi) is 5.79. The van der Waals surface area contributed by atoms with Crippen molar-refractivity contribution >= 4 is 52.2 Å². The van der Waals surface area contributed by atoms with Crippen LogP contribution >= 0.6 is 24.0 Å². The van der Waals surface area contributed by atoms with Gasteiger partial charge in [0.15, 0.2) is 0 Å². The number of aliphatic carboxylic acids is 1. The van der Waals surface area contributed by atoms with E-state index in [1.165, 1.54) is 24.2 Å². The minimum absolute atomic E-state index is 0.0318. The van der Waals surface area contributed by atoms with Crippen molar-refractivity contribution in [2.24, 2.45) is 0 Å². The zero-order valence-electron chi connectivity index (χ0n) is 13.0. The topological polar surface area (TPSA) is 97.0 Å². The zero-order chi connectivity index (χ0) is 17.9. The lowest BCUT2D eigenvalue weighted by atomic mass is 10.2. The van der Waals surface area contributed by atoms with Crippen LogP contribution in [0.1, 0.15) is 34.7 Å². The van der Waals surface area contributed by atoms with E-state index in [0.717, 1.165) is 11.8 Å². The fourth-order valence-electron chi connectivity index (χ4n) is 2.10. The van der Waals surface area contributed by atoms with Gasteiger partial charge in [-0.05, 0) is 19.4 Å². The fraction of sp³-hybridized carbons (Fsp3) is 0.333. The van der Waals surface area contributed by atoms with Gasteiger partial charge in [0.05, 0.1) is 12.0 Å². The SMILES string of the molecule is COC(=O)c1cc(/C=C2\SC(=S)N(CCCC(=O)O)C2=O)oc1C. The van der Waals surface area contributed by atoms with Crippen LogP contribution in [0, 0.1) is 6.92 Å². The number of thioether (sulfide) groups is 1. The molecule has 1 N–H and O–H groups in total. The Hall–Kier alpha value is -2.13. The highest BCUT2D eigenvalue weighted by Crippen LogP contribution is 2.33. The molecule has 0 aliphatic carbocycles. The summed E-state index contributed by atoms with van der Waals surface area (Å²) in [7, 11) is 1.27. The second-order valence-electron chi connectivity index (χ2n) is 4.94.